The van der Waals surface area contributed by atoms with Gasteiger partial charge in [-0.15, -0.1) is 0 Å². The zero-order valence-electron chi connectivity index (χ0n) is 25.2. The van der Waals surface area contributed by atoms with E-state index in [0.717, 1.165) is 6.42 Å². The zero-order chi connectivity index (χ0) is 32.6. The van der Waals surface area contributed by atoms with Crippen LogP contribution in [0.5, 0.6) is 0 Å². The molecule has 0 heterocycles. The highest BCUT2D eigenvalue weighted by Crippen LogP contribution is 2.08. The first-order valence-electron chi connectivity index (χ1n) is 14.9. The van der Waals surface area contributed by atoms with Gasteiger partial charge in [-0.1, -0.05) is 12.8 Å². The number of nitrogens with one attached hydrogen (secondary N) is 5. The molecule has 0 rings (SSSR count). The van der Waals surface area contributed by atoms with E-state index in [9.17, 15) is 43.8 Å². The molecule has 0 aliphatic heterocycles. The second-order valence-electron chi connectivity index (χ2n) is 10.5. The van der Waals surface area contributed by atoms with Crippen LogP contribution in [0.2, 0.25) is 0 Å². The van der Waals surface area contributed by atoms with E-state index in [1.54, 1.807) is 6.92 Å². The maximum absolute atomic E-state index is 12.1. The number of hydrogen-bond donors (Lipinski definition) is 8. The van der Waals surface area contributed by atoms with Gasteiger partial charge in [0.1, 0.15) is 12.1 Å². The molecule has 0 aromatic carbocycles. The van der Waals surface area contributed by atoms with Crippen molar-refractivity contribution in [2.24, 2.45) is 0 Å². The molecule has 0 saturated heterocycles. The summed E-state index contributed by atoms with van der Waals surface area (Å²) >= 11 is 0. The fourth-order valence-corrected chi connectivity index (χ4v) is 4.07. The molecule has 43 heavy (non-hydrogen) atoms. The van der Waals surface area contributed by atoms with Crippen LogP contribution in [0.15, 0.2) is 0 Å². The topological polar surface area (TPSA) is 240 Å². The quantitative estimate of drug-likeness (QED) is 0.0688. The van der Waals surface area contributed by atoms with Gasteiger partial charge in [0.25, 0.3) is 0 Å². The molecule has 0 spiro atoms. The molecular weight excluding hydrogens is 566 g/mol. The summed E-state index contributed by atoms with van der Waals surface area (Å²) in [6.07, 6.45) is 5.85. The predicted molar refractivity (Wildman–Crippen MR) is 156 cm³/mol. The van der Waals surface area contributed by atoms with Gasteiger partial charge in [-0.2, -0.15) is 0 Å². The van der Waals surface area contributed by atoms with Gasteiger partial charge in [-0.05, 0) is 64.7 Å². The van der Waals surface area contributed by atoms with Crippen LogP contribution in [0, 0.1) is 0 Å². The van der Waals surface area contributed by atoms with Crippen molar-refractivity contribution in [2.75, 3.05) is 13.1 Å². The number of unbranched alkanes of at least 4 members (excludes halogenated alkanes) is 5. The molecule has 15 heteroatoms. The molecule has 3 unspecified atom stereocenters. The smallest absolute Gasteiger partial charge is 0.326 e. The Hall–Kier alpha value is -3.91. The van der Waals surface area contributed by atoms with Gasteiger partial charge in [-0.25, -0.2) is 14.4 Å². The van der Waals surface area contributed by atoms with Crippen molar-refractivity contribution in [3.8, 4) is 0 Å². The van der Waals surface area contributed by atoms with Crippen molar-refractivity contribution in [1.29, 1.82) is 0 Å². The Morgan fingerprint density at radius 1 is 0.558 bits per heavy atom. The number of carboxylic acids is 3. The number of hydrogen-bond acceptors (Lipinski definition) is 7. The molecule has 0 saturated carbocycles. The van der Waals surface area contributed by atoms with Gasteiger partial charge in [0, 0.05) is 45.3 Å². The molecule has 0 aliphatic rings. The van der Waals surface area contributed by atoms with Crippen LogP contribution in [-0.2, 0) is 28.8 Å². The van der Waals surface area contributed by atoms with Gasteiger partial charge >= 0.3 is 23.9 Å². The Balaban J connectivity index is 3.98. The van der Waals surface area contributed by atoms with Gasteiger partial charge in [-0.3, -0.25) is 19.2 Å². The van der Waals surface area contributed by atoms with Crippen LogP contribution in [0.4, 0.5) is 4.79 Å². The van der Waals surface area contributed by atoms with E-state index in [4.69, 9.17) is 5.11 Å². The lowest BCUT2D eigenvalue weighted by molar-refractivity contribution is -0.142. The Kier molecular flexibility index (Phi) is 21.5. The SMILES string of the molecule is CC(=O)NCCCCC(NC(=O)CCCCCCC(=O)NCCCCC(NC(=O)NC(C)CCC(=O)O)C(=O)O)C(=O)O. The number of urea groups is 1. The maximum atomic E-state index is 12.1. The molecule has 15 nitrogen and oxygen atoms in total. The fraction of sp³-hybridized carbons (Fsp3) is 0.750. The normalized spacial score (nSPS) is 12.7. The highest BCUT2D eigenvalue weighted by atomic mass is 16.4. The van der Waals surface area contributed by atoms with Crippen LogP contribution < -0.4 is 26.6 Å². The third-order valence-electron chi connectivity index (χ3n) is 6.50. The number of carbonyl (C=O) groups is 7. The standard InChI is InChI=1S/C28H49N5O10/c1-19(15-16-25(37)38)31-28(43)33-22(27(41)42)12-8-10-18-30-23(35)13-5-3-4-6-14-24(36)32-21(26(39)40)11-7-9-17-29-20(2)34/h19,21-22H,3-18H2,1-2H3,(H,29,34)(H,30,35)(H,32,36)(H,37,38)(H,39,40)(H,41,42)(H2,31,33,43). The molecule has 0 aliphatic carbocycles. The number of carbonyl (C=O) groups excluding carboxylic acids is 4. The summed E-state index contributed by atoms with van der Waals surface area (Å²) < 4.78 is 0. The lowest BCUT2D eigenvalue weighted by Gasteiger charge is -2.18. The molecular formula is C28H49N5O10. The minimum absolute atomic E-state index is 0.115. The fourth-order valence-electron chi connectivity index (χ4n) is 4.07. The molecule has 8 N–H and O–H groups in total. The molecule has 0 aromatic rings. The minimum atomic E-state index is -1.19. The summed E-state index contributed by atoms with van der Waals surface area (Å²) in [6.45, 7) is 3.85. The third kappa shape index (κ3) is 23.4. The van der Waals surface area contributed by atoms with E-state index >= 15 is 0 Å². The van der Waals surface area contributed by atoms with Crippen molar-refractivity contribution in [2.45, 2.75) is 122 Å². The Morgan fingerprint density at radius 3 is 1.58 bits per heavy atom. The molecule has 5 amide bonds. The summed E-state index contributed by atoms with van der Waals surface area (Å²) in [7, 11) is 0. The van der Waals surface area contributed by atoms with E-state index < -0.39 is 42.1 Å². The van der Waals surface area contributed by atoms with Crippen molar-refractivity contribution in [1.82, 2.24) is 26.6 Å². The predicted octanol–water partition coefficient (Wildman–Crippen LogP) is 1.50. The monoisotopic (exact) mass is 615 g/mol. The molecule has 0 bridgehead atoms. The molecule has 0 fully saturated rings. The van der Waals surface area contributed by atoms with Crippen LogP contribution in [0.1, 0.15) is 104 Å². The van der Waals surface area contributed by atoms with Crippen LogP contribution in [-0.4, -0.2) is 88.2 Å². The lowest BCUT2D eigenvalue weighted by Crippen LogP contribution is -2.48. The van der Waals surface area contributed by atoms with E-state index in [1.807, 2.05) is 0 Å². The summed E-state index contributed by atoms with van der Waals surface area (Å²) in [4.78, 5) is 80.4. The van der Waals surface area contributed by atoms with Crippen LogP contribution >= 0.6 is 0 Å². The van der Waals surface area contributed by atoms with Gasteiger partial charge in [0.2, 0.25) is 17.7 Å². The zero-order valence-corrected chi connectivity index (χ0v) is 25.2. The largest absolute Gasteiger partial charge is 0.481 e. The summed E-state index contributed by atoms with van der Waals surface area (Å²) in [5.41, 5.74) is 0. The van der Waals surface area contributed by atoms with Crippen molar-refractivity contribution < 1.29 is 48.9 Å². The number of carboxylic acid groups (broad SMARTS) is 3. The highest BCUT2D eigenvalue weighted by Gasteiger charge is 2.21. The lowest BCUT2D eigenvalue weighted by atomic mass is 10.1. The maximum Gasteiger partial charge on any atom is 0.326 e. The van der Waals surface area contributed by atoms with Crippen LogP contribution in [0.25, 0.3) is 0 Å². The minimum Gasteiger partial charge on any atom is -0.481 e. The third-order valence-corrected chi connectivity index (χ3v) is 6.50. The van der Waals surface area contributed by atoms with Gasteiger partial charge in [0.05, 0.1) is 0 Å². The molecule has 246 valence electrons. The first-order valence-corrected chi connectivity index (χ1v) is 14.9. The number of amides is 5. The molecule has 0 radical (unpaired) electrons. The average Bonchev–Trinajstić information content (AvgIpc) is 2.91. The first-order chi connectivity index (χ1) is 20.3. The summed E-state index contributed by atoms with van der Waals surface area (Å²) in [5.74, 6) is -3.89. The Labute approximate surface area is 252 Å². The van der Waals surface area contributed by atoms with Gasteiger partial charge < -0.3 is 41.9 Å². The Morgan fingerprint density at radius 2 is 1.07 bits per heavy atom. The van der Waals surface area contributed by atoms with E-state index in [-0.39, 0.29) is 49.8 Å². The molecule has 3 atom stereocenters. The summed E-state index contributed by atoms with van der Waals surface area (Å²) in [6, 6.07) is -3.19. The highest BCUT2D eigenvalue weighted by molar-refractivity contribution is 5.83. The van der Waals surface area contributed by atoms with Crippen molar-refractivity contribution >= 4 is 41.7 Å². The van der Waals surface area contributed by atoms with Crippen molar-refractivity contribution in [3.63, 3.8) is 0 Å². The van der Waals surface area contributed by atoms with E-state index in [0.29, 0.717) is 64.5 Å². The summed E-state index contributed by atoms with van der Waals surface area (Å²) in [5, 5.41) is 40.2. The van der Waals surface area contributed by atoms with Crippen LogP contribution in [0.3, 0.4) is 0 Å². The van der Waals surface area contributed by atoms with E-state index in [2.05, 4.69) is 26.6 Å². The van der Waals surface area contributed by atoms with Crippen molar-refractivity contribution in [3.05, 3.63) is 0 Å². The van der Waals surface area contributed by atoms with Gasteiger partial charge in [0.15, 0.2) is 0 Å². The second-order valence-corrected chi connectivity index (χ2v) is 10.5. The Bertz CT molecular complexity index is 914. The first kappa shape index (κ1) is 39.1. The number of aliphatic carboxylic acids is 3. The molecule has 0 aromatic heterocycles. The average molecular weight is 616 g/mol. The number of rotatable bonds is 25. The second kappa shape index (κ2) is 23.6. The van der Waals surface area contributed by atoms with E-state index in [1.165, 1.54) is 6.92 Å².